The van der Waals surface area contributed by atoms with Crippen molar-refractivity contribution in [3.63, 3.8) is 0 Å². The van der Waals surface area contributed by atoms with E-state index in [9.17, 15) is 4.79 Å². The molecule has 3 rings (SSSR count). The first-order chi connectivity index (χ1) is 14.6. The molecule has 0 saturated carbocycles. The van der Waals surface area contributed by atoms with Gasteiger partial charge in [-0.15, -0.1) is 0 Å². The number of ether oxygens (including phenoxy) is 1. The molecular weight excluding hydrogens is 372 g/mol. The first kappa shape index (κ1) is 23.2. The number of hydrogen-bond acceptors (Lipinski definition) is 2. The molecule has 0 bridgehead atoms. The number of benzene rings is 3. The molecule has 30 heavy (non-hydrogen) atoms. The minimum atomic E-state index is -0.879. The average molecular weight is 405 g/mol. The van der Waals surface area contributed by atoms with Crippen molar-refractivity contribution in [3.05, 3.63) is 90.5 Å². The van der Waals surface area contributed by atoms with Crippen LogP contribution in [0.5, 0.6) is 5.75 Å². The molecule has 0 fully saturated rings. The van der Waals surface area contributed by atoms with Gasteiger partial charge in [0.2, 0.25) is 0 Å². The molecule has 0 saturated heterocycles. The van der Waals surface area contributed by atoms with Crippen molar-refractivity contribution < 1.29 is 14.6 Å². The van der Waals surface area contributed by atoms with Crippen LogP contribution in [-0.2, 0) is 0 Å². The Morgan fingerprint density at radius 3 is 1.90 bits per heavy atom. The highest BCUT2D eigenvalue weighted by Gasteiger charge is 2.04. The third-order valence-electron chi connectivity index (χ3n) is 4.78. The zero-order valence-electron chi connectivity index (χ0n) is 18.0. The predicted molar refractivity (Wildman–Crippen MR) is 124 cm³/mol. The van der Waals surface area contributed by atoms with Crippen LogP contribution in [0.4, 0.5) is 0 Å². The van der Waals surface area contributed by atoms with E-state index in [4.69, 9.17) is 9.84 Å². The topological polar surface area (TPSA) is 46.5 Å². The Morgan fingerprint density at radius 2 is 1.37 bits per heavy atom. The highest BCUT2D eigenvalue weighted by Crippen LogP contribution is 2.23. The Kier molecular flexibility index (Phi) is 10.2. The van der Waals surface area contributed by atoms with Gasteiger partial charge in [-0.25, -0.2) is 4.79 Å². The normalized spacial score (nSPS) is 11.1. The van der Waals surface area contributed by atoms with Crippen LogP contribution in [-0.4, -0.2) is 17.2 Å². The average Bonchev–Trinajstić information content (AvgIpc) is 2.79. The fourth-order valence-electron chi connectivity index (χ4n) is 3.09. The second-order valence-corrected chi connectivity index (χ2v) is 7.34. The summed E-state index contributed by atoms with van der Waals surface area (Å²) in [6.07, 6.45) is 6.63. The van der Waals surface area contributed by atoms with Crippen molar-refractivity contribution in [3.8, 4) is 16.9 Å². The minimum Gasteiger partial charge on any atom is -0.491 e. The molecule has 1 N–H and O–H groups in total. The molecule has 3 aromatic rings. The molecule has 3 nitrogen and oxygen atoms in total. The van der Waals surface area contributed by atoms with Crippen LogP contribution in [0.15, 0.2) is 84.9 Å². The monoisotopic (exact) mass is 404 g/mol. The fraction of sp³-hybridized carbons (Fsp3) is 0.296. The number of rotatable bonds is 9. The van der Waals surface area contributed by atoms with Crippen molar-refractivity contribution in [2.75, 3.05) is 0 Å². The van der Waals surface area contributed by atoms with Crippen LogP contribution in [0, 0.1) is 0 Å². The smallest absolute Gasteiger partial charge is 0.335 e. The van der Waals surface area contributed by atoms with E-state index in [-0.39, 0.29) is 0 Å². The fourth-order valence-corrected chi connectivity index (χ4v) is 3.09. The lowest BCUT2D eigenvalue weighted by molar-refractivity contribution is 0.0697. The minimum absolute atomic E-state index is 0.296. The Bertz CT molecular complexity index is 842. The third kappa shape index (κ3) is 8.52. The van der Waals surface area contributed by atoms with Crippen molar-refractivity contribution in [1.29, 1.82) is 0 Å². The van der Waals surface area contributed by atoms with Gasteiger partial charge in [0.15, 0.2) is 0 Å². The van der Waals surface area contributed by atoms with Crippen LogP contribution in [0.25, 0.3) is 11.1 Å². The van der Waals surface area contributed by atoms with E-state index in [0.29, 0.717) is 11.7 Å². The number of carboxylic acids is 1. The maximum absolute atomic E-state index is 10.2. The Balaban J connectivity index is 0.000000297. The van der Waals surface area contributed by atoms with Crippen molar-refractivity contribution >= 4 is 5.97 Å². The van der Waals surface area contributed by atoms with Gasteiger partial charge >= 0.3 is 5.97 Å². The van der Waals surface area contributed by atoms with E-state index < -0.39 is 5.97 Å². The second-order valence-electron chi connectivity index (χ2n) is 7.34. The zero-order chi connectivity index (χ0) is 21.6. The number of unbranched alkanes of at least 4 members (excludes halogenated alkanes) is 3. The maximum Gasteiger partial charge on any atom is 0.335 e. The van der Waals surface area contributed by atoms with Crippen molar-refractivity contribution in [1.82, 2.24) is 0 Å². The molecule has 0 aromatic heterocycles. The Morgan fingerprint density at radius 1 is 0.800 bits per heavy atom. The molecule has 0 aliphatic carbocycles. The quantitative estimate of drug-likeness (QED) is 0.376. The summed E-state index contributed by atoms with van der Waals surface area (Å²) in [6, 6.07) is 27.2. The molecule has 0 aliphatic heterocycles. The van der Waals surface area contributed by atoms with E-state index in [1.54, 1.807) is 30.3 Å². The van der Waals surface area contributed by atoms with Gasteiger partial charge in [-0.2, -0.15) is 0 Å². The molecule has 3 heteroatoms. The Labute approximate surface area is 180 Å². The second kappa shape index (κ2) is 13.2. The van der Waals surface area contributed by atoms with Gasteiger partial charge in [0.25, 0.3) is 0 Å². The van der Waals surface area contributed by atoms with Crippen LogP contribution >= 0.6 is 0 Å². The first-order valence-corrected chi connectivity index (χ1v) is 10.7. The maximum atomic E-state index is 10.2. The number of carboxylic acid groups (broad SMARTS) is 1. The number of carbonyl (C=O) groups is 1. The largest absolute Gasteiger partial charge is 0.491 e. The van der Waals surface area contributed by atoms with Gasteiger partial charge < -0.3 is 9.84 Å². The summed E-state index contributed by atoms with van der Waals surface area (Å²) in [7, 11) is 0. The van der Waals surface area contributed by atoms with Crippen molar-refractivity contribution in [2.45, 2.75) is 52.1 Å². The molecule has 0 heterocycles. The van der Waals surface area contributed by atoms with Gasteiger partial charge in [-0.05, 0) is 55.2 Å². The highest BCUT2D eigenvalue weighted by molar-refractivity contribution is 5.87. The highest BCUT2D eigenvalue weighted by atomic mass is 16.5. The van der Waals surface area contributed by atoms with Gasteiger partial charge in [0.1, 0.15) is 5.75 Å². The first-order valence-electron chi connectivity index (χ1n) is 10.7. The summed E-state index contributed by atoms with van der Waals surface area (Å²) in [5.74, 6) is 0.0910. The van der Waals surface area contributed by atoms with Crippen molar-refractivity contribution in [2.24, 2.45) is 0 Å². The molecule has 3 aromatic carbocycles. The zero-order valence-corrected chi connectivity index (χ0v) is 18.0. The summed E-state index contributed by atoms with van der Waals surface area (Å²) in [5.41, 5.74) is 2.81. The summed E-state index contributed by atoms with van der Waals surface area (Å²) >= 11 is 0. The van der Waals surface area contributed by atoms with Gasteiger partial charge in [0, 0.05) is 0 Å². The van der Waals surface area contributed by atoms with E-state index in [0.717, 1.165) is 12.2 Å². The molecule has 0 radical (unpaired) electrons. The third-order valence-corrected chi connectivity index (χ3v) is 4.78. The SMILES string of the molecule is CCCCCCC(C)Oc1ccc(-c2ccccc2)cc1.O=C(O)c1ccccc1. The number of hydrogen-bond donors (Lipinski definition) is 1. The van der Waals surface area contributed by atoms with Gasteiger partial charge in [0.05, 0.1) is 11.7 Å². The lowest BCUT2D eigenvalue weighted by Crippen LogP contribution is -2.11. The molecule has 158 valence electrons. The van der Waals surface area contributed by atoms with E-state index in [1.165, 1.54) is 36.8 Å². The Hall–Kier alpha value is -3.07. The van der Waals surface area contributed by atoms with Gasteiger partial charge in [-0.1, -0.05) is 86.8 Å². The summed E-state index contributed by atoms with van der Waals surface area (Å²) in [6.45, 7) is 4.41. The van der Waals surface area contributed by atoms with Crippen LogP contribution in [0.1, 0.15) is 56.3 Å². The molecule has 0 amide bonds. The lowest BCUT2D eigenvalue weighted by atomic mass is 10.1. The lowest BCUT2D eigenvalue weighted by Gasteiger charge is -2.15. The molecule has 0 spiro atoms. The molecular formula is C27H32O3. The van der Waals surface area contributed by atoms with E-state index in [2.05, 4.69) is 62.4 Å². The van der Waals surface area contributed by atoms with E-state index in [1.807, 2.05) is 6.07 Å². The van der Waals surface area contributed by atoms with Gasteiger partial charge in [-0.3, -0.25) is 0 Å². The van der Waals surface area contributed by atoms with Crippen LogP contribution in [0.3, 0.4) is 0 Å². The van der Waals surface area contributed by atoms with E-state index >= 15 is 0 Å². The predicted octanol–water partition coefficient (Wildman–Crippen LogP) is 7.48. The van der Waals surface area contributed by atoms with Crippen LogP contribution < -0.4 is 4.74 Å². The molecule has 1 atom stereocenters. The summed E-state index contributed by atoms with van der Waals surface area (Å²) < 4.78 is 5.99. The summed E-state index contributed by atoms with van der Waals surface area (Å²) in [4.78, 5) is 10.2. The number of aromatic carboxylic acids is 1. The van der Waals surface area contributed by atoms with Crippen LogP contribution in [0.2, 0.25) is 0 Å². The standard InChI is InChI=1S/C20H26O.C7H6O2/c1-3-4-5-7-10-17(2)21-20-15-13-19(14-16-20)18-11-8-6-9-12-18;8-7(9)6-4-2-1-3-5-6/h6,8-9,11-17H,3-5,7,10H2,1-2H3;1-5H,(H,8,9). The summed E-state index contributed by atoms with van der Waals surface area (Å²) in [5, 5.41) is 8.38. The molecule has 1 unspecified atom stereocenters. The molecule has 0 aliphatic rings.